The number of pyridine rings is 1. The van der Waals surface area contributed by atoms with E-state index in [2.05, 4.69) is 10.3 Å². The fourth-order valence-electron chi connectivity index (χ4n) is 2.31. The number of thiophene rings is 1. The van der Waals surface area contributed by atoms with Crippen molar-refractivity contribution in [3.63, 3.8) is 0 Å². The minimum atomic E-state index is -0.239. The summed E-state index contributed by atoms with van der Waals surface area (Å²) < 4.78 is 5.67. The molecule has 0 unspecified atom stereocenters. The number of aromatic nitrogens is 1. The van der Waals surface area contributed by atoms with Gasteiger partial charge in [-0.2, -0.15) is 0 Å². The number of hydrogen-bond acceptors (Lipinski definition) is 4. The van der Waals surface area contributed by atoms with Crippen LogP contribution in [-0.2, 0) is 11.3 Å². The zero-order chi connectivity index (χ0) is 16.4. The van der Waals surface area contributed by atoms with Gasteiger partial charge in [0, 0.05) is 24.2 Å². The average molecular weight is 349 g/mol. The number of halogens is 1. The highest BCUT2D eigenvalue weighted by Crippen LogP contribution is 2.24. The molecule has 0 atom stereocenters. The van der Waals surface area contributed by atoms with Crippen molar-refractivity contribution in [2.75, 3.05) is 12.4 Å². The molecule has 0 fully saturated rings. The third-order valence-electron chi connectivity index (χ3n) is 3.28. The molecule has 0 aliphatic carbocycles. The molecule has 0 bridgehead atoms. The first-order chi connectivity index (χ1) is 11.1. The molecule has 0 spiro atoms. The van der Waals surface area contributed by atoms with Gasteiger partial charge in [0.15, 0.2) is 0 Å². The maximum Gasteiger partial charge on any atom is 0.265 e. The molecule has 23 heavy (non-hydrogen) atoms. The van der Waals surface area contributed by atoms with Crippen molar-refractivity contribution < 1.29 is 9.53 Å². The molecule has 2 aromatic heterocycles. The zero-order valence-corrected chi connectivity index (χ0v) is 13.8. The van der Waals surface area contributed by atoms with Crippen LogP contribution in [0.3, 0.4) is 0 Å². The average Bonchev–Trinajstić information content (AvgIpc) is 2.94. The van der Waals surface area contributed by atoms with Gasteiger partial charge >= 0.3 is 0 Å². The molecule has 0 radical (unpaired) electrons. The Hall–Kier alpha value is -2.15. The molecule has 2 heterocycles. The van der Waals surface area contributed by atoms with E-state index >= 15 is 0 Å². The van der Waals surface area contributed by atoms with Crippen LogP contribution in [0.25, 0.3) is 10.9 Å². The molecular weight excluding hydrogens is 336 g/mol. The van der Waals surface area contributed by atoms with E-state index in [-0.39, 0.29) is 11.5 Å². The quantitative estimate of drug-likeness (QED) is 0.756. The highest BCUT2D eigenvalue weighted by atomic mass is 35.5. The van der Waals surface area contributed by atoms with Crippen molar-refractivity contribution in [2.24, 2.45) is 0 Å². The smallest absolute Gasteiger partial charge is 0.265 e. The van der Waals surface area contributed by atoms with Crippen LogP contribution in [0.4, 0.5) is 5.69 Å². The molecule has 118 valence electrons. The summed E-state index contributed by atoms with van der Waals surface area (Å²) >= 11 is 7.05. The molecule has 3 rings (SSSR count). The SMILES string of the molecule is COCc1cc(=O)[nH]c2cc(NC(=O)c3ccc(Cl)s3)ccc12. The van der Waals surface area contributed by atoms with Crippen LogP contribution in [-0.4, -0.2) is 18.0 Å². The number of anilines is 1. The summed E-state index contributed by atoms with van der Waals surface area (Å²) in [6.45, 7) is 0.347. The van der Waals surface area contributed by atoms with Gasteiger partial charge in [-0.05, 0) is 29.8 Å². The fraction of sp³-hybridized carbons (Fsp3) is 0.125. The Kier molecular flexibility index (Phi) is 4.47. The second kappa shape index (κ2) is 6.54. The number of rotatable bonds is 4. The van der Waals surface area contributed by atoms with Crippen LogP contribution in [0.15, 0.2) is 41.2 Å². The molecule has 3 aromatic rings. The van der Waals surface area contributed by atoms with Gasteiger partial charge in [0.1, 0.15) is 0 Å². The first-order valence-corrected chi connectivity index (χ1v) is 7.98. The number of amides is 1. The lowest BCUT2D eigenvalue weighted by Gasteiger charge is -2.08. The minimum Gasteiger partial charge on any atom is -0.380 e. The molecule has 7 heteroatoms. The molecule has 1 amide bonds. The summed E-state index contributed by atoms with van der Waals surface area (Å²) in [6, 6.07) is 10.2. The van der Waals surface area contributed by atoms with Crippen molar-refractivity contribution in [1.29, 1.82) is 0 Å². The number of hydrogen-bond donors (Lipinski definition) is 2. The Labute approximate surface area is 140 Å². The van der Waals surface area contributed by atoms with E-state index in [1.165, 1.54) is 17.4 Å². The molecule has 5 nitrogen and oxygen atoms in total. The third kappa shape index (κ3) is 3.44. The number of carbonyl (C=O) groups excluding carboxylic acids is 1. The van der Waals surface area contributed by atoms with E-state index in [0.29, 0.717) is 27.0 Å². The first kappa shape index (κ1) is 15.7. The van der Waals surface area contributed by atoms with E-state index in [0.717, 1.165) is 10.9 Å². The summed E-state index contributed by atoms with van der Waals surface area (Å²) in [5.74, 6) is -0.239. The number of ether oxygens (including phenoxy) is 1. The number of aromatic amines is 1. The summed E-state index contributed by atoms with van der Waals surface area (Å²) in [5, 5.41) is 3.67. The van der Waals surface area contributed by atoms with E-state index < -0.39 is 0 Å². The number of benzene rings is 1. The summed E-state index contributed by atoms with van der Waals surface area (Å²) in [7, 11) is 1.58. The molecule has 2 N–H and O–H groups in total. The van der Waals surface area contributed by atoms with Gasteiger partial charge in [-0.1, -0.05) is 17.7 Å². The van der Waals surface area contributed by atoms with Gasteiger partial charge in [-0.3, -0.25) is 9.59 Å². The van der Waals surface area contributed by atoms with E-state index in [9.17, 15) is 9.59 Å². The summed E-state index contributed by atoms with van der Waals surface area (Å²) in [4.78, 5) is 27.2. The van der Waals surface area contributed by atoms with Crippen molar-refractivity contribution in [3.05, 3.63) is 61.5 Å². The topological polar surface area (TPSA) is 71.2 Å². The molecule has 0 saturated heterocycles. The lowest BCUT2D eigenvalue weighted by Crippen LogP contribution is -2.11. The number of nitrogens with one attached hydrogen (secondary N) is 2. The van der Waals surface area contributed by atoms with Gasteiger partial charge in [-0.25, -0.2) is 0 Å². The Morgan fingerprint density at radius 1 is 1.30 bits per heavy atom. The number of carbonyl (C=O) groups is 1. The number of H-pyrrole nitrogens is 1. The summed E-state index contributed by atoms with van der Waals surface area (Å²) in [6.07, 6.45) is 0. The number of fused-ring (bicyclic) bond motifs is 1. The minimum absolute atomic E-state index is 0.210. The first-order valence-electron chi connectivity index (χ1n) is 6.78. The zero-order valence-electron chi connectivity index (χ0n) is 12.2. The van der Waals surface area contributed by atoms with Crippen LogP contribution >= 0.6 is 22.9 Å². The van der Waals surface area contributed by atoms with Crippen LogP contribution < -0.4 is 10.9 Å². The van der Waals surface area contributed by atoms with Crippen molar-refractivity contribution in [3.8, 4) is 0 Å². The van der Waals surface area contributed by atoms with Gasteiger partial charge in [-0.15, -0.1) is 11.3 Å². The van der Waals surface area contributed by atoms with Crippen LogP contribution in [0, 0.1) is 0 Å². The van der Waals surface area contributed by atoms with Crippen LogP contribution in [0.5, 0.6) is 0 Å². The Morgan fingerprint density at radius 3 is 2.83 bits per heavy atom. The monoisotopic (exact) mass is 348 g/mol. The van der Waals surface area contributed by atoms with E-state index in [1.54, 1.807) is 31.4 Å². The van der Waals surface area contributed by atoms with Crippen LogP contribution in [0.1, 0.15) is 15.2 Å². The van der Waals surface area contributed by atoms with Gasteiger partial charge < -0.3 is 15.0 Å². The van der Waals surface area contributed by atoms with E-state index in [1.807, 2.05) is 6.07 Å². The molecular formula is C16H13ClN2O3S. The highest BCUT2D eigenvalue weighted by molar-refractivity contribution is 7.18. The molecule has 1 aromatic carbocycles. The Balaban J connectivity index is 1.94. The van der Waals surface area contributed by atoms with Gasteiger partial charge in [0.2, 0.25) is 5.56 Å². The third-order valence-corrected chi connectivity index (χ3v) is 4.51. The largest absolute Gasteiger partial charge is 0.380 e. The van der Waals surface area contributed by atoms with Gasteiger partial charge in [0.25, 0.3) is 5.91 Å². The van der Waals surface area contributed by atoms with E-state index in [4.69, 9.17) is 16.3 Å². The Morgan fingerprint density at radius 2 is 2.13 bits per heavy atom. The lowest BCUT2D eigenvalue weighted by molar-refractivity contribution is 0.103. The van der Waals surface area contributed by atoms with Gasteiger partial charge in [0.05, 0.1) is 21.3 Å². The standard InChI is InChI=1S/C16H13ClN2O3S/c1-22-8-9-6-15(20)19-12-7-10(2-3-11(9)12)18-16(21)13-4-5-14(17)23-13/h2-7H,8H2,1H3,(H,18,21)(H,19,20). The molecule has 0 saturated carbocycles. The predicted molar refractivity (Wildman–Crippen MR) is 92.6 cm³/mol. The van der Waals surface area contributed by atoms with Crippen LogP contribution in [0.2, 0.25) is 4.34 Å². The van der Waals surface area contributed by atoms with Crippen molar-refractivity contribution in [2.45, 2.75) is 6.61 Å². The predicted octanol–water partition coefficient (Wildman–Crippen LogP) is 3.64. The maximum absolute atomic E-state index is 12.1. The Bertz CT molecular complexity index is 932. The summed E-state index contributed by atoms with van der Waals surface area (Å²) in [5.41, 5.74) is 1.83. The van der Waals surface area contributed by atoms with Crippen molar-refractivity contribution in [1.82, 2.24) is 4.98 Å². The molecule has 0 aliphatic heterocycles. The lowest BCUT2D eigenvalue weighted by atomic mass is 10.1. The second-order valence-electron chi connectivity index (χ2n) is 4.91. The normalized spacial score (nSPS) is 10.9. The highest BCUT2D eigenvalue weighted by Gasteiger charge is 2.10. The maximum atomic E-state index is 12.1. The fourth-order valence-corrected chi connectivity index (χ4v) is 3.25. The van der Waals surface area contributed by atoms with Crippen molar-refractivity contribution >= 4 is 45.4 Å². The second-order valence-corrected chi connectivity index (χ2v) is 6.63. The molecule has 0 aliphatic rings. The number of methoxy groups -OCH3 is 1.